The van der Waals surface area contributed by atoms with Gasteiger partial charge in [-0.15, -0.1) is 0 Å². The summed E-state index contributed by atoms with van der Waals surface area (Å²) < 4.78 is 16.4. The summed E-state index contributed by atoms with van der Waals surface area (Å²) in [4.78, 5) is 27.4. The molecule has 1 unspecified atom stereocenters. The van der Waals surface area contributed by atoms with Gasteiger partial charge in [0, 0.05) is 12.1 Å². The highest BCUT2D eigenvalue weighted by Crippen LogP contribution is 2.40. The molecule has 7 heteroatoms. The number of hydrogen-bond acceptors (Lipinski definition) is 6. The Morgan fingerprint density at radius 2 is 1.81 bits per heavy atom. The number of likely N-dealkylation sites (tertiary alicyclic amines) is 1. The minimum absolute atomic E-state index is 0.00847. The lowest BCUT2D eigenvalue weighted by atomic mass is 9.95. The van der Waals surface area contributed by atoms with Gasteiger partial charge in [0.25, 0.3) is 11.7 Å². The fourth-order valence-corrected chi connectivity index (χ4v) is 3.69. The van der Waals surface area contributed by atoms with Crippen LogP contribution in [0, 0.1) is 0 Å². The number of methoxy groups -OCH3 is 1. The van der Waals surface area contributed by atoms with Crippen LogP contribution in [0.2, 0.25) is 0 Å². The van der Waals surface area contributed by atoms with Crippen LogP contribution in [0.4, 0.5) is 0 Å². The third-order valence-electron chi connectivity index (χ3n) is 5.17. The zero-order valence-corrected chi connectivity index (χ0v) is 18.8. The molecule has 1 aliphatic heterocycles. The van der Waals surface area contributed by atoms with Crippen LogP contribution in [-0.2, 0) is 14.3 Å². The van der Waals surface area contributed by atoms with Crippen molar-refractivity contribution in [2.45, 2.75) is 32.9 Å². The maximum absolute atomic E-state index is 13.0. The molecule has 3 rings (SSSR count). The number of hydrogen-bond donors (Lipinski definition) is 1. The van der Waals surface area contributed by atoms with Crippen molar-refractivity contribution in [3.8, 4) is 11.5 Å². The Labute approximate surface area is 188 Å². The second-order valence-electron chi connectivity index (χ2n) is 7.65. The van der Waals surface area contributed by atoms with Crippen molar-refractivity contribution in [1.29, 1.82) is 0 Å². The van der Waals surface area contributed by atoms with Crippen molar-refractivity contribution in [2.24, 2.45) is 0 Å². The lowest BCUT2D eigenvalue weighted by Crippen LogP contribution is -2.33. The van der Waals surface area contributed by atoms with Crippen molar-refractivity contribution in [3.05, 3.63) is 65.2 Å². The lowest BCUT2D eigenvalue weighted by molar-refractivity contribution is -0.140. The van der Waals surface area contributed by atoms with Gasteiger partial charge in [-0.05, 0) is 62.7 Å². The standard InChI is InChI=1S/C25H29NO6/c1-5-31-20-8-6-7-18(15-20)22-21(23(27)17-9-11-19(30-4)12-10-17)24(28)25(29)26(22)13-14-32-16(2)3/h6-12,15-16,22,27H,5,13-14H2,1-4H3/b23-21-. The second-order valence-corrected chi connectivity index (χ2v) is 7.65. The maximum atomic E-state index is 13.0. The Bertz CT molecular complexity index is 996. The number of ether oxygens (including phenoxy) is 3. The number of aliphatic hydroxyl groups is 1. The first-order valence-corrected chi connectivity index (χ1v) is 10.6. The van der Waals surface area contributed by atoms with E-state index in [1.807, 2.05) is 32.9 Å². The van der Waals surface area contributed by atoms with E-state index in [2.05, 4.69) is 0 Å². The summed E-state index contributed by atoms with van der Waals surface area (Å²) in [6.45, 7) is 6.66. The third kappa shape index (κ3) is 4.94. The number of amides is 1. The molecule has 1 fully saturated rings. The summed E-state index contributed by atoms with van der Waals surface area (Å²) in [5.74, 6) is -0.383. The Hall–Kier alpha value is -3.32. The minimum atomic E-state index is -0.756. The van der Waals surface area contributed by atoms with Gasteiger partial charge in [-0.2, -0.15) is 0 Å². The maximum Gasteiger partial charge on any atom is 0.295 e. The molecule has 1 aliphatic rings. The number of rotatable bonds is 9. The molecule has 2 aromatic rings. The van der Waals surface area contributed by atoms with E-state index in [1.54, 1.807) is 43.5 Å². The molecular weight excluding hydrogens is 410 g/mol. The van der Waals surface area contributed by atoms with Crippen LogP contribution in [-0.4, -0.2) is 54.7 Å². The molecule has 1 N–H and O–H groups in total. The van der Waals surface area contributed by atoms with Gasteiger partial charge in [0.15, 0.2) is 0 Å². The van der Waals surface area contributed by atoms with Crippen LogP contribution < -0.4 is 9.47 Å². The summed E-state index contributed by atoms with van der Waals surface area (Å²) in [6.07, 6.45) is -0.00847. The van der Waals surface area contributed by atoms with Gasteiger partial charge in [-0.25, -0.2) is 0 Å². The molecule has 0 saturated carbocycles. The van der Waals surface area contributed by atoms with Gasteiger partial charge < -0.3 is 24.2 Å². The molecule has 32 heavy (non-hydrogen) atoms. The van der Waals surface area contributed by atoms with E-state index >= 15 is 0 Å². The molecule has 0 radical (unpaired) electrons. The van der Waals surface area contributed by atoms with Crippen molar-refractivity contribution >= 4 is 17.4 Å². The number of nitrogens with zero attached hydrogens (tertiary/aromatic N) is 1. The van der Waals surface area contributed by atoms with Crippen molar-refractivity contribution in [2.75, 3.05) is 26.9 Å². The van der Waals surface area contributed by atoms with Gasteiger partial charge >= 0.3 is 0 Å². The van der Waals surface area contributed by atoms with Gasteiger partial charge in [0.2, 0.25) is 0 Å². The molecule has 1 heterocycles. The molecule has 0 bridgehead atoms. The Morgan fingerprint density at radius 3 is 2.44 bits per heavy atom. The SMILES string of the molecule is CCOc1cccc(C2/C(=C(/O)c3ccc(OC)cc3)C(=O)C(=O)N2CCOC(C)C)c1. The number of ketones is 1. The molecule has 1 atom stereocenters. The highest BCUT2D eigenvalue weighted by molar-refractivity contribution is 6.46. The van der Waals surface area contributed by atoms with Crippen LogP contribution in [0.3, 0.4) is 0 Å². The van der Waals surface area contributed by atoms with Crippen molar-refractivity contribution < 1.29 is 28.9 Å². The van der Waals surface area contributed by atoms with E-state index in [0.717, 1.165) is 0 Å². The first-order chi connectivity index (χ1) is 15.4. The monoisotopic (exact) mass is 439 g/mol. The van der Waals surface area contributed by atoms with Crippen LogP contribution in [0.25, 0.3) is 5.76 Å². The quantitative estimate of drug-likeness (QED) is 0.362. The zero-order valence-electron chi connectivity index (χ0n) is 18.8. The van der Waals surface area contributed by atoms with Gasteiger partial charge in [-0.3, -0.25) is 9.59 Å². The van der Waals surface area contributed by atoms with Gasteiger partial charge in [0.1, 0.15) is 17.3 Å². The van der Waals surface area contributed by atoms with E-state index in [9.17, 15) is 14.7 Å². The van der Waals surface area contributed by atoms with Gasteiger partial charge in [0.05, 0.1) is 38.0 Å². The number of carbonyl (C=O) groups excluding carboxylic acids is 2. The predicted molar refractivity (Wildman–Crippen MR) is 121 cm³/mol. The third-order valence-corrected chi connectivity index (χ3v) is 5.17. The average Bonchev–Trinajstić information content (AvgIpc) is 3.04. The van der Waals surface area contributed by atoms with Crippen LogP contribution in [0.15, 0.2) is 54.1 Å². The Morgan fingerprint density at radius 1 is 1.09 bits per heavy atom. The van der Waals surface area contributed by atoms with E-state index < -0.39 is 17.7 Å². The van der Waals surface area contributed by atoms with Crippen LogP contribution in [0.1, 0.15) is 37.9 Å². The summed E-state index contributed by atoms with van der Waals surface area (Å²) in [7, 11) is 1.55. The summed E-state index contributed by atoms with van der Waals surface area (Å²) in [5.41, 5.74) is 1.14. The van der Waals surface area contributed by atoms with Crippen molar-refractivity contribution in [3.63, 3.8) is 0 Å². The zero-order chi connectivity index (χ0) is 23.3. The highest BCUT2D eigenvalue weighted by Gasteiger charge is 2.46. The largest absolute Gasteiger partial charge is 0.507 e. The molecule has 0 aliphatic carbocycles. The molecule has 7 nitrogen and oxygen atoms in total. The lowest BCUT2D eigenvalue weighted by Gasteiger charge is -2.26. The Balaban J connectivity index is 2.08. The van der Waals surface area contributed by atoms with E-state index in [-0.39, 0.29) is 30.6 Å². The summed E-state index contributed by atoms with van der Waals surface area (Å²) >= 11 is 0. The summed E-state index contributed by atoms with van der Waals surface area (Å²) in [5, 5.41) is 11.1. The molecular formula is C25H29NO6. The number of benzene rings is 2. The first-order valence-electron chi connectivity index (χ1n) is 10.6. The smallest absolute Gasteiger partial charge is 0.295 e. The normalized spacial score (nSPS) is 17.8. The van der Waals surface area contributed by atoms with Crippen LogP contribution >= 0.6 is 0 Å². The molecule has 0 aromatic heterocycles. The minimum Gasteiger partial charge on any atom is -0.507 e. The average molecular weight is 440 g/mol. The molecule has 2 aromatic carbocycles. The highest BCUT2D eigenvalue weighted by atomic mass is 16.5. The Kier molecular flexibility index (Phi) is 7.53. The molecule has 1 saturated heterocycles. The van der Waals surface area contributed by atoms with Gasteiger partial charge in [-0.1, -0.05) is 12.1 Å². The fraction of sp³-hybridized carbons (Fsp3) is 0.360. The summed E-state index contributed by atoms with van der Waals surface area (Å²) in [6, 6.07) is 13.1. The molecule has 1 amide bonds. The first kappa shape index (κ1) is 23.3. The number of carbonyl (C=O) groups is 2. The van der Waals surface area contributed by atoms with E-state index in [0.29, 0.717) is 29.2 Å². The van der Waals surface area contributed by atoms with E-state index in [1.165, 1.54) is 4.90 Å². The van der Waals surface area contributed by atoms with E-state index in [4.69, 9.17) is 14.2 Å². The molecule has 0 spiro atoms. The van der Waals surface area contributed by atoms with Crippen LogP contribution in [0.5, 0.6) is 11.5 Å². The number of aliphatic hydroxyl groups excluding tert-OH is 1. The number of Topliss-reactive ketones (excluding diaryl/α,β-unsaturated/α-hetero) is 1. The topological polar surface area (TPSA) is 85.3 Å². The molecule has 170 valence electrons. The second kappa shape index (κ2) is 10.3. The predicted octanol–water partition coefficient (Wildman–Crippen LogP) is 3.94. The fourth-order valence-electron chi connectivity index (χ4n) is 3.69. The van der Waals surface area contributed by atoms with Crippen molar-refractivity contribution in [1.82, 2.24) is 4.90 Å².